The average Bonchev–Trinajstić information content (AvgIpc) is 2.74. The highest BCUT2D eigenvalue weighted by Gasteiger charge is 2.33. The van der Waals surface area contributed by atoms with Crippen molar-refractivity contribution in [3.8, 4) is 0 Å². The van der Waals surface area contributed by atoms with Crippen LogP contribution in [-0.4, -0.2) is 64.0 Å². The second-order valence-electron chi connectivity index (χ2n) is 8.75. The van der Waals surface area contributed by atoms with Gasteiger partial charge in [-0.15, -0.1) is 0 Å². The van der Waals surface area contributed by atoms with Gasteiger partial charge < -0.3 is 31.9 Å². The van der Waals surface area contributed by atoms with Crippen LogP contribution in [0.2, 0.25) is 0 Å². The lowest BCUT2D eigenvalue weighted by molar-refractivity contribution is -0.147. The normalized spacial score (nSPS) is 14.6. The lowest BCUT2D eigenvalue weighted by atomic mass is 9.98. The zero-order valence-corrected chi connectivity index (χ0v) is 19.8. The first kappa shape index (κ1) is 28.6. The van der Waals surface area contributed by atoms with Crippen LogP contribution in [0.3, 0.4) is 0 Å². The minimum atomic E-state index is -1.65. The quantitative estimate of drug-likeness (QED) is 0.226. The Morgan fingerprint density at radius 1 is 0.794 bits per heavy atom. The highest BCUT2D eigenvalue weighted by atomic mass is 16.4. The van der Waals surface area contributed by atoms with Crippen molar-refractivity contribution in [2.45, 2.75) is 64.7 Å². The summed E-state index contributed by atoms with van der Waals surface area (Å²) in [7, 11) is 0. The number of amides is 3. The molecule has 188 valence electrons. The Hall–Kier alpha value is -3.47. The van der Waals surface area contributed by atoms with Crippen LogP contribution in [0.25, 0.3) is 0 Å². The summed E-state index contributed by atoms with van der Waals surface area (Å²) < 4.78 is 0. The number of aliphatic carboxylic acids is 2. The zero-order chi connectivity index (χ0) is 26.0. The highest BCUT2D eigenvalue weighted by Crippen LogP contribution is 2.09. The fourth-order valence-corrected chi connectivity index (χ4v) is 3.17. The van der Waals surface area contributed by atoms with E-state index in [1.165, 1.54) is 0 Å². The minimum Gasteiger partial charge on any atom is -0.481 e. The second-order valence-corrected chi connectivity index (χ2v) is 8.75. The van der Waals surface area contributed by atoms with Crippen LogP contribution in [0, 0.1) is 11.8 Å². The molecule has 1 aromatic rings. The molecule has 0 radical (unpaired) electrons. The minimum absolute atomic E-state index is 0.274. The van der Waals surface area contributed by atoms with E-state index in [0.717, 1.165) is 5.56 Å². The van der Waals surface area contributed by atoms with Gasteiger partial charge in [0.15, 0.2) is 0 Å². The topological polar surface area (TPSA) is 188 Å². The molecule has 0 aliphatic rings. The molecule has 34 heavy (non-hydrogen) atoms. The first-order chi connectivity index (χ1) is 15.8. The van der Waals surface area contributed by atoms with E-state index in [9.17, 15) is 24.0 Å². The van der Waals surface area contributed by atoms with E-state index >= 15 is 0 Å². The average molecular weight is 479 g/mol. The van der Waals surface area contributed by atoms with Gasteiger partial charge in [-0.05, 0) is 23.8 Å². The van der Waals surface area contributed by atoms with E-state index < -0.39 is 66.2 Å². The van der Waals surface area contributed by atoms with E-state index in [-0.39, 0.29) is 12.3 Å². The lowest BCUT2D eigenvalue weighted by Gasteiger charge is -2.28. The van der Waals surface area contributed by atoms with E-state index in [0.29, 0.717) is 0 Å². The molecule has 11 nitrogen and oxygen atoms in total. The van der Waals surface area contributed by atoms with Crippen LogP contribution in [0.5, 0.6) is 0 Å². The summed E-state index contributed by atoms with van der Waals surface area (Å²) >= 11 is 0. The Balaban J connectivity index is 2.89. The SMILES string of the molecule is CC(C)C(NC(=O)C(N)Cc1ccccc1)C(=O)NC(C(=O)NC(CC(=O)O)C(=O)O)C(C)C. The highest BCUT2D eigenvalue weighted by molar-refractivity contribution is 5.94. The maximum atomic E-state index is 13.0. The van der Waals surface area contributed by atoms with Crippen molar-refractivity contribution in [3.63, 3.8) is 0 Å². The van der Waals surface area contributed by atoms with Crippen LogP contribution in [0.1, 0.15) is 39.7 Å². The van der Waals surface area contributed by atoms with Crippen molar-refractivity contribution in [3.05, 3.63) is 35.9 Å². The Labute approximate surface area is 198 Å². The molecular weight excluding hydrogens is 444 g/mol. The third-order valence-electron chi connectivity index (χ3n) is 5.12. The third-order valence-corrected chi connectivity index (χ3v) is 5.12. The number of carbonyl (C=O) groups excluding carboxylic acids is 3. The van der Waals surface area contributed by atoms with Gasteiger partial charge in [-0.2, -0.15) is 0 Å². The van der Waals surface area contributed by atoms with Gasteiger partial charge in [0.25, 0.3) is 0 Å². The number of hydrogen-bond acceptors (Lipinski definition) is 6. The van der Waals surface area contributed by atoms with Crippen LogP contribution in [-0.2, 0) is 30.4 Å². The monoisotopic (exact) mass is 478 g/mol. The number of carboxylic acid groups (broad SMARTS) is 2. The van der Waals surface area contributed by atoms with Crippen LogP contribution in [0.4, 0.5) is 0 Å². The fourth-order valence-electron chi connectivity index (χ4n) is 3.17. The molecule has 7 N–H and O–H groups in total. The molecule has 0 saturated heterocycles. The molecule has 3 amide bonds. The number of nitrogens with two attached hydrogens (primary N) is 1. The molecule has 0 aromatic heterocycles. The molecule has 4 unspecified atom stereocenters. The Morgan fingerprint density at radius 2 is 1.26 bits per heavy atom. The predicted molar refractivity (Wildman–Crippen MR) is 123 cm³/mol. The molecule has 11 heteroatoms. The number of nitrogens with one attached hydrogen (secondary N) is 3. The van der Waals surface area contributed by atoms with Crippen molar-refractivity contribution in [2.75, 3.05) is 0 Å². The molecule has 1 rings (SSSR count). The molecule has 0 aliphatic carbocycles. The van der Waals surface area contributed by atoms with E-state index in [1.807, 2.05) is 30.3 Å². The first-order valence-corrected chi connectivity index (χ1v) is 11.0. The van der Waals surface area contributed by atoms with Gasteiger partial charge in [-0.3, -0.25) is 19.2 Å². The second kappa shape index (κ2) is 13.3. The molecule has 0 spiro atoms. The van der Waals surface area contributed by atoms with Gasteiger partial charge >= 0.3 is 11.9 Å². The fraction of sp³-hybridized carbons (Fsp3) is 0.522. The van der Waals surface area contributed by atoms with Crippen molar-refractivity contribution < 1.29 is 34.2 Å². The summed E-state index contributed by atoms with van der Waals surface area (Å²) in [4.78, 5) is 60.4. The molecule has 1 aromatic carbocycles. The van der Waals surface area contributed by atoms with Crippen LogP contribution in [0.15, 0.2) is 30.3 Å². The van der Waals surface area contributed by atoms with E-state index in [1.54, 1.807) is 27.7 Å². The smallest absolute Gasteiger partial charge is 0.326 e. The van der Waals surface area contributed by atoms with Gasteiger partial charge in [0.2, 0.25) is 17.7 Å². The molecule has 4 atom stereocenters. The number of carboxylic acids is 2. The third kappa shape index (κ3) is 9.18. The summed E-state index contributed by atoms with van der Waals surface area (Å²) in [6.45, 7) is 6.70. The molecular formula is C23H34N4O7. The van der Waals surface area contributed by atoms with Crippen molar-refractivity contribution in [2.24, 2.45) is 17.6 Å². The molecule has 0 fully saturated rings. The molecule has 0 aliphatic heterocycles. The first-order valence-electron chi connectivity index (χ1n) is 11.0. The number of carbonyl (C=O) groups is 5. The van der Waals surface area contributed by atoms with Crippen molar-refractivity contribution in [1.82, 2.24) is 16.0 Å². The van der Waals surface area contributed by atoms with Gasteiger partial charge in [-0.25, -0.2) is 4.79 Å². The molecule has 0 saturated carbocycles. The van der Waals surface area contributed by atoms with Gasteiger partial charge in [0.05, 0.1) is 12.5 Å². The maximum absolute atomic E-state index is 13.0. The summed E-state index contributed by atoms with van der Waals surface area (Å²) in [5.74, 6) is -5.72. The Morgan fingerprint density at radius 3 is 1.71 bits per heavy atom. The Bertz CT molecular complexity index is 873. The zero-order valence-electron chi connectivity index (χ0n) is 19.8. The Kier molecular flexibility index (Phi) is 11.2. The lowest BCUT2D eigenvalue weighted by Crippen LogP contribution is -2.59. The number of rotatable bonds is 13. The number of benzene rings is 1. The largest absolute Gasteiger partial charge is 0.481 e. The van der Waals surface area contributed by atoms with Gasteiger partial charge in [0.1, 0.15) is 18.1 Å². The summed E-state index contributed by atoms with van der Waals surface area (Å²) in [6, 6.07) is 4.46. The van der Waals surface area contributed by atoms with Gasteiger partial charge in [-0.1, -0.05) is 58.0 Å². The van der Waals surface area contributed by atoms with Crippen LogP contribution < -0.4 is 21.7 Å². The van der Waals surface area contributed by atoms with E-state index in [2.05, 4.69) is 16.0 Å². The summed E-state index contributed by atoms with van der Waals surface area (Å²) in [5, 5.41) is 25.3. The van der Waals surface area contributed by atoms with Gasteiger partial charge in [0, 0.05) is 0 Å². The molecule has 0 bridgehead atoms. The maximum Gasteiger partial charge on any atom is 0.326 e. The molecule has 0 heterocycles. The predicted octanol–water partition coefficient (Wildman–Crippen LogP) is -0.118. The standard InChI is InChI=1S/C23H34N4O7/c1-12(2)18(21(31)25-16(23(33)34)11-17(28)29)27-22(32)19(13(3)4)26-20(30)15(24)10-14-8-6-5-7-9-14/h5-9,12-13,15-16,18-19H,10-11,24H2,1-4H3,(H,25,31)(H,26,30)(H,27,32)(H,28,29)(H,33,34). The van der Waals surface area contributed by atoms with Crippen molar-refractivity contribution >= 4 is 29.7 Å². The number of hydrogen-bond donors (Lipinski definition) is 6. The van der Waals surface area contributed by atoms with Crippen molar-refractivity contribution in [1.29, 1.82) is 0 Å². The summed E-state index contributed by atoms with van der Waals surface area (Å²) in [6.07, 6.45) is -0.542. The van der Waals surface area contributed by atoms with E-state index in [4.69, 9.17) is 15.9 Å². The van der Waals surface area contributed by atoms with Crippen LogP contribution >= 0.6 is 0 Å². The summed E-state index contributed by atoms with van der Waals surface area (Å²) in [5.41, 5.74) is 6.87.